The van der Waals surface area contributed by atoms with Crippen LogP contribution in [-0.2, 0) is 9.59 Å². The average molecular weight is 312 g/mol. The van der Waals surface area contributed by atoms with Crippen LogP contribution in [0.1, 0.15) is 12.5 Å². The van der Waals surface area contributed by atoms with Gasteiger partial charge in [-0.15, -0.1) is 0 Å². The van der Waals surface area contributed by atoms with Gasteiger partial charge in [-0.05, 0) is 42.5 Å². The van der Waals surface area contributed by atoms with Crippen molar-refractivity contribution in [3.63, 3.8) is 0 Å². The van der Waals surface area contributed by atoms with Crippen LogP contribution in [0.3, 0.4) is 0 Å². The summed E-state index contributed by atoms with van der Waals surface area (Å²) in [5.41, 5.74) is 0.711. The van der Waals surface area contributed by atoms with Crippen molar-refractivity contribution in [3.8, 4) is 0 Å². The van der Waals surface area contributed by atoms with Gasteiger partial charge in [0.05, 0.1) is 4.91 Å². The molecule has 1 atom stereocenters. The number of imide groups is 1. The fourth-order valence-electron chi connectivity index (χ4n) is 1.63. The predicted octanol–water partition coefficient (Wildman–Crippen LogP) is 2.85. The molecule has 0 saturated carbocycles. The van der Waals surface area contributed by atoms with Crippen molar-refractivity contribution < 1.29 is 19.5 Å². The normalized spacial score (nSPS) is 18.7. The first-order valence-electron chi connectivity index (χ1n) is 5.65. The van der Waals surface area contributed by atoms with Crippen LogP contribution < -0.4 is 0 Å². The second-order valence-electron chi connectivity index (χ2n) is 4.12. The molecule has 1 N–H and O–H groups in total. The van der Waals surface area contributed by atoms with Crippen LogP contribution in [0.15, 0.2) is 29.2 Å². The van der Waals surface area contributed by atoms with Gasteiger partial charge >= 0.3 is 5.97 Å². The summed E-state index contributed by atoms with van der Waals surface area (Å²) in [5, 5.41) is 8.88. The van der Waals surface area contributed by atoms with E-state index in [0.29, 0.717) is 10.6 Å². The number of carbonyl (C=O) groups is 3. The number of carboxylic acids is 1. The van der Waals surface area contributed by atoms with Gasteiger partial charge in [-0.2, -0.15) is 0 Å². The quantitative estimate of drug-likeness (QED) is 0.869. The molecule has 2 amide bonds. The van der Waals surface area contributed by atoms with Gasteiger partial charge in [-0.25, -0.2) is 4.79 Å². The molecule has 1 aliphatic rings. The molecule has 1 aliphatic heterocycles. The summed E-state index contributed by atoms with van der Waals surface area (Å²) in [7, 11) is 0. The van der Waals surface area contributed by atoms with Crippen molar-refractivity contribution in [2.24, 2.45) is 0 Å². The van der Waals surface area contributed by atoms with Crippen molar-refractivity contribution in [1.82, 2.24) is 4.90 Å². The summed E-state index contributed by atoms with van der Waals surface area (Å²) in [6.07, 6.45) is 1.54. The van der Waals surface area contributed by atoms with Crippen molar-refractivity contribution in [3.05, 3.63) is 39.8 Å². The lowest BCUT2D eigenvalue weighted by atomic mass is 10.2. The molecule has 1 aromatic rings. The number of carbonyl (C=O) groups excluding carboxylic acids is 2. The number of rotatable bonds is 3. The Morgan fingerprint density at radius 3 is 2.50 bits per heavy atom. The summed E-state index contributed by atoms with van der Waals surface area (Å²) in [4.78, 5) is 35.6. The van der Waals surface area contributed by atoms with Gasteiger partial charge in [0.25, 0.3) is 11.1 Å². The SMILES string of the molecule is C[C@@H](C(=O)O)N1C(=O)S/C(=C\c2ccc(Cl)cc2)C1=O. The first-order chi connectivity index (χ1) is 9.40. The van der Waals surface area contributed by atoms with E-state index in [9.17, 15) is 14.4 Å². The zero-order chi connectivity index (χ0) is 14.9. The van der Waals surface area contributed by atoms with Crippen LogP contribution in [0, 0.1) is 0 Å². The van der Waals surface area contributed by atoms with Crippen LogP contribution >= 0.6 is 23.4 Å². The highest BCUT2D eigenvalue weighted by atomic mass is 35.5. The number of carboxylic acid groups (broad SMARTS) is 1. The molecule has 0 aliphatic carbocycles. The van der Waals surface area contributed by atoms with E-state index in [-0.39, 0.29) is 4.91 Å². The van der Waals surface area contributed by atoms with Gasteiger partial charge < -0.3 is 5.11 Å². The Bertz CT molecular complexity index is 611. The Balaban J connectivity index is 2.28. The highest BCUT2D eigenvalue weighted by Gasteiger charge is 2.40. The van der Waals surface area contributed by atoms with E-state index in [4.69, 9.17) is 16.7 Å². The molecule has 1 heterocycles. The first kappa shape index (κ1) is 14.6. The lowest BCUT2D eigenvalue weighted by Crippen LogP contribution is -2.41. The van der Waals surface area contributed by atoms with Crippen LogP contribution in [0.4, 0.5) is 4.79 Å². The Labute approximate surface area is 124 Å². The summed E-state index contributed by atoms with van der Waals surface area (Å²) >= 11 is 6.49. The number of amides is 2. The predicted molar refractivity (Wildman–Crippen MR) is 76.4 cm³/mol. The van der Waals surface area contributed by atoms with E-state index in [1.165, 1.54) is 13.0 Å². The van der Waals surface area contributed by atoms with Gasteiger partial charge in [0.1, 0.15) is 6.04 Å². The average Bonchev–Trinajstić information content (AvgIpc) is 2.66. The lowest BCUT2D eigenvalue weighted by molar-refractivity contribution is -0.145. The van der Waals surface area contributed by atoms with E-state index in [1.807, 2.05) is 0 Å². The van der Waals surface area contributed by atoms with Crippen LogP contribution in [0.25, 0.3) is 6.08 Å². The van der Waals surface area contributed by atoms with Crippen molar-refractivity contribution >= 4 is 46.6 Å². The summed E-state index contributed by atoms with van der Waals surface area (Å²) in [5.74, 6) is -1.81. The van der Waals surface area contributed by atoms with E-state index in [2.05, 4.69) is 0 Å². The number of hydrogen-bond donors (Lipinski definition) is 1. The minimum atomic E-state index is -1.22. The third kappa shape index (κ3) is 2.86. The molecule has 1 fully saturated rings. The minimum Gasteiger partial charge on any atom is -0.480 e. The summed E-state index contributed by atoms with van der Waals surface area (Å²) in [6.45, 7) is 1.30. The number of aliphatic carboxylic acids is 1. The van der Waals surface area contributed by atoms with E-state index >= 15 is 0 Å². The van der Waals surface area contributed by atoms with Gasteiger partial charge in [-0.1, -0.05) is 23.7 Å². The Kier molecular flexibility index (Phi) is 4.15. The first-order valence-corrected chi connectivity index (χ1v) is 6.85. The molecule has 0 spiro atoms. The zero-order valence-electron chi connectivity index (χ0n) is 10.4. The molecule has 1 saturated heterocycles. The maximum Gasteiger partial charge on any atom is 0.326 e. The number of thioether (sulfide) groups is 1. The molecule has 0 bridgehead atoms. The maximum absolute atomic E-state index is 12.1. The van der Waals surface area contributed by atoms with Gasteiger partial charge in [-0.3, -0.25) is 14.5 Å². The topological polar surface area (TPSA) is 74.7 Å². The van der Waals surface area contributed by atoms with Crippen LogP contribution in [0.2, 0.25) is 5.02 Å². The maximum atomic E-state index is 12.1. The fourth-order valence-corrected chi connectivity index (χ4v) is 2.67. The number of benzene rings is 1. The fraction of sp³-hybridized carbons (Fsp3) is 0.154. The van der Waals surface area contributed by atoms with Crippen LogP contribution in [-0.4, -0.2) is 33.2 Å². The third-order valence-corrected chi connectivity index (χ3v) is 3.87. The monoisotopic (exact) mass is 311 g/mol. The van der Waals surface area contributed by atoms with Crippen molar-refractivity contribution in [1.29, 1.82) is 0 Å². The smallest absolute Gasteiger partial charge is 0.326 e. The van der Waals surface area contributed by atoms with E-state index < -0.39 is 23.2 Å². The number of halogens is 1. The minimum absolute atomic E-state index is 0.199. The molecule has 20 heavy (non-hydrogen) atoms. The van der Waals surface area contributed by atoms with E-state index in [1.54, 1.807) is 24.3 Å². The third-order valence-electron chi connectivity index (χ3n) is 2.74. The van der Waals surface area contributed by atoms with Gasteiger partial charge in [0.15, 0.2) is 0 Å². The zero-order valence-corrected chi connectivity index (χ0v) is 11.9. The molecule has 0 aromatic heterocycles. The molecule has 0 radical (unpaired) electrons. The molecule has 2 rings (SSSR count). The van der Waals surface area contributed by atoms with Gasteiger partial charge in [0, 0.05) is 5.02 Å². The van der Waals surface area contributed by atoms with Crippen molar-refractivity contribution in [2.75, 3.05) is 0 Å². The second-order valence-corrected chi connectivity index (χ2v) is 5.55. The molecule has 7 heteroatoms. The Morgan fingerprint density at radius 1 is 1.35 bits per heavy atom. The van der Waals surface area contributed by atoms with Crippen molar-refractivity contribution in [2.45, 2.75) is 13.0 Å². The van der Waals surface area contributed by atoms with E-state index in [0.717, 1.165) is 16.7 Å². The standard InChI is InChI=1S/C13H10ClNO4S/c1-7(12(17)18)15-11(16)10(20-13(15)19)6-8-2-4-9(14)5-3-8/h2-7H,1H3,(H,17,18)/b10-6-/t7-/m0/s1. The lowest BCUT2D eigenvalue weighted by Gasteiger charge is -2.16. The largest absolute Gasteiger partial charge is 0.480 e. The molecule has 1 aromatic carbocycles. The Morgan fingerprint density at radius 2 is 1.95 bits per heavy atom. The summed E-state index contributed by atoms with van der Waals surface area (Å²) in [6, 6.07) is 5.56. The van der Waals surface area contributed by atoms with Crippen LogP contribution in [0.5, 0.6) is 0 Å². The molecule has 104 valence electrons. The second kappa shape index (κ2) is 5.68. The number of hydrogen-bond acceptors (Lipinski definition) is 4. The highest BCUT2D eigenvalue weighted by molar-refractivity contribution is 8.18. The Hall–Kier alpha value is -1.79. The molecule has 5 nitrogen and oxygen atoms in total. The summed E-state index contributed by atoms with van der Waals surface area (Å²) < 4.78 is 0. The molecular formula is C13H10ClNO4S. The highest BCUT2D eigenvalue weighted by Crippen LogP contribution is 2.33. The molecular weight excluding hydrogens is 302 g/mol. The molecule has 0 unspecified atom stereocenters. The number of nitrogens with zero attached hydrogens (tertiary/aromatic N) is 1. The van der Waals surface area contributed by atoms with Gasteiger partial charge in [0.2, 0.25) is 0 Å².